The van der Waals surface area contributed by atoms with Crippen molar-refractivity contribution >= 4 is 17.9 Å². The fraction of sp³-hybridized carbons (Fsp3) is 0.769. The highest BCUT2D eigenvalue weighted by Crippen LogP contribution is 2.15. The largest absolute Gasteiger partial charge is 0.480 e. The minimum absolute atomic E-state index is 0.102. The number of nitrogens with zero attached hydrogens (tertiary/aromatic N) is 1. The van der Waals surface area contributed by atoms with E-state index in [1.54, 1.807) is 0 Å². The number of carboxylic acids is 1. The van der Waals surface area contributed by atoms with Crippen LogP contribution in [-0.2, 0) is 14.3 Å². The molecule has 1 aliphatic rings. The van der Waals surface area contributed by atoms with Crippen LogP contribution in [0.25, 0.3) is 0 Å². The summed E-state index contributed by atoms with van der Waals surface area (Å²) in [5, 5.41) is 14.3. The normalized spacial score (nSPS) is 21.3. The minimum atomic E-state index is -1.35. The van der Waals surface area contributed by atoms with Gasteiger partial charge in [-0.15, -0.1) is 0 Å². The van der Waals surface area contributed by atoms with Gasteiger partial charge in [-0.25, -0.2) is 9.59 Å². The highest BCUT2D eigenvalue weighted by molar-refractivity contribution is 5.90. The quantitative estimate of drug-likeness (QED) is 0.651. The van der Waals surface area contributed by atoms with E-state index in [-0.39, 0.29) is 19.1 Å². The highest BCUT2D eigenvalue weighted by Gasteiger charge is 2.39. The first-order chi connectivity index (χ1) is 9.85. The second-order valence-corrected chi connectivity index (χ2v) is 5.22. The van der Waals surface area contributed by atoms with Gasteiger partial charge in [0.1, 0.15) is 11.6 Å². The molecule has 3 N–H and O–H groups in total. The van der Waals surface area contributed by atoms with Crippen LogP contribution in [-0.4, -0.2) is 66.3 Å². The molecule has 1 aliphatic heterocycles. The number of urea groups is 1. The van der Waals surface area contributed by atoms with Crippen molar-refractivity contribution in [1.29, 1.82) is 0 Å². The number of aliphatic carboxylic acids is 1. The molecule has 1 fully saturated rings. The number of rotatable bonds is 5. The third-order valence-corrected chi connectivity index (χ3v) is 3.54. The summed E-state index contributed by atoms with van der Waals surface area (Å²) < 4.78 is 5.21. The molecule has 0 aromatic carbocycles. The van der Waals surface area contributed by atoms with Crippen LogP contribution in [0.5, 0.6) is 0 Å². The monoisotopic (exact) mass is 301 g/mol. The average molecular weight is 301 g/mol. The van der Waals surface area contributed by atoms with Crippen molar-refractivity contribution in [2.45, 2.75) is 38.3 Å². The number of amides is 3. The summed E-state index contributed by atoms with van der Waals surface area (Å²) in [4.78, 5) is 36.8. The van der Waals surface area contributed by atoms with Crippen LogP contribution in [0.1, 0.15) is 26.7 Å². The molecule has 0 radical (unpaired) electrons. The Hall–Kier alpha value is -1.83. The van der Waals surface area contributed by atoms with E-state index < -0.39 is 23.6 Å². The van der Waals surface area contributed by atoms with Gasteiger partial charge in [0, 0.05) is 13.6 Å². The summed E-state index contributed by atoms with van der Waals surface area (Å²) in [5.41, 5.74) is -1.35. The lowest BCUT2D eigenvalue weighted by Crippen LogP contribution is -2.62. The Morgan fingerprint density at radius 2 is 2.10 bits per heavy atom. The maximum absolute atomic E-state index is 12.3. The van der Waals surface area contributed by atoms with Crippen molar-refractivity contribution in [1.82, 2.24) is 15.5 Å². The van der Waals surface area contributed by atoms with Crippen molar-refractivity contribution in [2.75, 3.05) is 26.8 Å². The molecule has 2 atom stereocenters. The van der Waals surface area contributed by atoms with Gasteiger partial charge >= 0.3 is 12.0 Å². The standard InChI is InChI=1S/C13H23N3O5/c1-4-5-13(2,11(18)19)15-12(20)16-6-7-21-8-9(16)10(17)14-3/h9H,4-8H2,1-3H3,(H,14,17)(H,15,20)(H,18,19). The number of morpholine rings is 1. The number of hydrogen-bond donors (Lipinski definition) is 3. The predicted molar refractivity (Wildman–Crippen MR) is 74.9 cm³/mol. The Balaban J connectivity index is 2.84. The van der Waals surface area contributed by atoms with Crippen molar-refractivity contribution in [3.05, 3.63) is 0 Å². The highest BCUT2D eigenvalue weighted by atomic mass is 16.5. The third kappa shape index (κ3) is 4.07. The molecule has 0 aromatic rings. The molecule has 8 nitrogen and oxygen atoms in total. The van der Waals surface area contributed by atoms with Crippen molar-refractivity contribution in [3.63, 3.8) is 0 Å². The third-order valence-electron chi connectivity index (χ3n) is 3.54. The molecule has 0 aliphatic carbocycles. The van der Waals surface area contributed by atoms with Gasteiger partial charge in [-0.3, -0.25) is 4.79 Å². The van der Waals surface area contributed by atoms with E-state index in [2.05, 4.69) is 10.6 Å². The lowest BCUT2D eigenvalue weighted by molar-refractivity contribution is -0.144. The SMILES string of the molecule is CCCC(C)(NC(=O)N1CCOCC1C(=O)NC)C(=O)O. The minimum Gasteiger partial charge on any atom is -0.480 e. The summed E-state index contributed by atoms with van der Waals surface area (Å²) >= 11 is 0. The summed E-state index contributed by atoms with van der Waals surface area (Å²) in [5.74, 6) is -1.43. The number of nitrogens with one attached hydrogen (secondary N) is 2. The summed E-state index contributed by atoms with van der Waals surface area (Å²) in [6.45, 7) is 3.97. The van der Waals surface area contributed by atoms with E-state index in [0.717, 1.165) is 0 Å². The predicted octanol–water partition coefficient (Wildman–Crippen LogP) is -0.214. The smallest absolute Gasteiger partial charge is 0.329 e. The fourth-order valence-corrected chi connectivity index (χ4v) is 2.26. The summed E-state index contributed by atoms with van der Waals surface area (Å²) in [6, 6.07) is -1.31. The Kier molecular flexibility index (Phi) is 5.95. The zero-order valence-corrected chi connectivity index (χ0v) is 12.6. The molecule has 1 saturated heterocycles. The first kappa shape index (κ1) is 17.2. The molecule has 8 heteroatoms. The molecule has 0 saturated carbocycles. The van der Waals surface area contributed by atoms with Gasteiger partial charge < -0.3 is 25.4 Å². The van der Waals surface area contributed by atoms with Crippen LogP contribution in [0.2, 0.25) is 0 Å². The van der Waals surface area contributed by atoms with Crippen LogP contribution in [0, 0.1) is 0 Å². The number of carboxylic acid groups (broad SMARTS) is 1. The van der Waals surface area contributed by atoms with Crippen LogP contribution < -0.4 is 10.6 Å². The van der Waals surface area contributed by atoms with E-state index in [1.165, 1.54) is 18.9 Å². The van der Waals surface area contributed by atoms with E-state index in [4.69, 9.17) is 4.74 Å². The first-order valence-corrected chi connectivity index (χ1v) is 6.97. The molecule has 1 rings (SSSR count). The van der Waals surface area contributed by atoms with Gasteiger partial charge in [0.2, 0.25) is 5.91 Å². The maximum atomic E-state index is 12.3. The van der Waals surface area contributed by atoms with Crippen molar-refractivity contribution in [3.8, 4) is 0 Å². The molecule has 3 amide bonds. The summed E-state index contributed by atoms with van der Waals surface area (Å²) in [7, 11) is 1.48. The van der Waals surface area contributed by atoms with E-state index in [1.807, 2.05) is 6.92 Å². The molecule has 0 spiro atoms. The number of likely N-dealkylation sites (N-methyl/N-ethyl adjacent to an activating group) is 1. The van der Waals surface area contributed by atoms with Gasteiger partial charge in [-0.05, 0) is 13.3 Å². The average Bonchev–Trinajstić information content (AvgIpc) is 2.46. The Morgan fingerprint density at radius 3 is 2.62 bits per heavy atom. The Labute approximate surface area is 123 Å². The Bertz CT molecular complexity index is 415. The Morgan fingerprint density at radius 1 is 1.43 bits per heavy atom. The van der Waals surface area contributed by atoms with Crippen LogP contribution in [0.4, 0.5) is 4.79 Å². The molecule has 1 heterocycles. The van der Waals surface area contributed by atoms with Gasteiger partial charge in [-0.2, -0.15) is 0 Å². The second-order valence-electron chi connectivity index (χ2n) is 5.22. The zero-order chi connectivity index (χ0) is 16.0. The lowest BCUT2D eigenvalue weighted by Gasteiger charge is -2.37. The van der Waals surface area contributed by atoms with E-state index in [9.17, 15) is 19.5 Å². The topological polar surface area (TPSA) is 108 Å². The molecule has 120 valence electrons. The number of ether oxygens (including phenoxy) is 1. The fourth-order valence-electron chi connectivity index (χ4n) is 2.26. The second kappa shape index (κ2) is 7.26. The number of carbonyl (C=O) groups is 3. The molecule has 0 bridgehead atoms. The first-order valence-electron chi connectivity index (χ1n) is 6.97. The van der Waals surface area contributed by atoms with E-state index in [0.29, 0.717) is 19.4 Å². The van der Waals surface area contributed by atoms with E-state index >= 15 is 0 Å². The molecular weight excluding hydrogens is 278 g/mol. The van der Waals surface area contributed by atoms with Gasteiger partial charge in [0.15, 0.2) is 0 Å². The molecular formula is C13H23N3O5. The molecule has 2 unspecified atom stereocenters. The van der Waals surface area contributed by atoms with Crippen LogP contribution in [0.15, 0.2) is 0 Å². The summed E-state index contributed by atoms with van der Waals surface area (Å²) in [6.07, 6.45) is 0.925. The van der Waals surface area contributed by atoms with Gasteiger partial charge in [0.25, 0.3) is 0 Å². The number of hydrogen-bond acceptors (Lipinski definition) is 4. The molecule has 0 aromatic heterocycles. The lowest BCUT2D eigenvalue weighted by atomic mass is 9.96. The van der Waals surface area contributed by atoms with Gasteiger partial charge in [-0.1, -0.05) is 13.3 Å². The van der Waals surface area contributed by atoms with Crippen molar-refractivity contribution < 1.29 is 24.2 Å². The maximum Gasteiger partial charge on any atom is 0.329 e. The number of carbonyl (C=O) groups excluding carboxylic acids is 2. The van der Waals surface area contributed by atoms with Gasteiger partial charge in [0.05, 0.1) is 13.2 Å². The molecule has 21 heavy (non-hydrogen) atoms. The van der Waals surface area contributed by atoms with Crippen LogP contribution in [0.3, 0.4) is 0 Å². The zero-order valence-electron chi connectivity index (χ0n) is 12.6. The van der Waals surface area contributed by atoms with Crippen LogP contribution >= 0.6 is 0 Å². The van der Waals surface area contributed by atoms with Crippen molar-refractivity contribution in [2.24, 2.45) is 0 Å².